The van der Waals surface area contributed by atoms with Crippen LogP contribution in [-0.2, 0) is 24.0 Å². The summed E-state index contributed by atoms with van der Waals surface area (Å²) in [7, 11) is 0. The summed E-state index contributed by atoms with van der Waals surface area (Å²) in [6, 6.07) is 11.5. The van der Waals surface area contributed by atoms with Crippen molar-refractivity contribution in [3.63, 3.8) is 0 Å². The van der Waals surface area contributed by atoms with Crippen molar-refractivity contribution < 1.29 is 19.0 Å². The first-order chi connectivity index (χ1) is 17.7. The number of nitrogens with zero attached hydrogens (tertiary/aromatic N) is 3. The highest BCUT2D eigenvalue weighted by atomic mass is 32.1. The van der Waals surface area contributed by atoms with E-state index in [0.717, 1.165) is 6.21 Å². The molecule has 37 heavy (non-hydrogen) atoms. The van der Waals surface area contributed by atoms with Crippen LogP contribution in [0.4, 0.5) is 15.9 Å². The monoisotopic (exact) mass is 523 g/mol. The molecule has 0 aliphatic heterocycles. The minimum absolute atomic E-state index is 0.0173. The van der Waals surface area contributed by atoms with Crippen LogP contribution in [0.2, 0.25) is 0 Å². The maximum absolute atomic E-state index is 14.9. The van der Waals surface area contributed by atoms with E-state index in [1.807, 2.05) is 16.8 Å². The smallest absolute Gasteiger partial charge is 0.228 e. The number of hydrogen-bond donors (Lipinski definition) is 4. The number of aliphatic hydroxyl groups excluding tert-OH is 1. The number of aromatic nitrogens is 3. The summed E-state index contributed by atoms with van der Waals surface area (Å²) in [5.74, 6) is 0.0167. The zero-order valence-corrected chi connectivity index (χ0v) is 21.4. The number of hydrogen-bond acceptors (Lipinski definition) is 7. The Hall–Kier alpha value is -3.96. The minimum Gasteiger partial charge on any atom is -0.453 e. The Morgan fingerprint density at radius 1 is 1.24 bits per heavy atom. The number of benzene rings is 2. The molecular formula is C26H28FN6O3S+. The molecule has 0 spiro atoms. The van der Waals surface area contributed by atoms with Gasteiger partial charge in [0.05, 0.1) is 23.1 Å². The first-order valence-corrected chi connectivity index (χ1v) is 12.0. The molecule has 9 nitrogen and oxygen atoms in total. The van der Waals surface area contributed by atoms with Crippen LogP contribution in [0.5, 0.6) is 11.5 Å². The van der Waals surface area contributed by atoms with E-state index < -0.39 is 11.2 Å². The molecule has 0 aliphatic carbocycles. The zero-order chi connectivity index (χ0) is 26.6. The number of aliphatic hydroxyl groups is 1. The van der Waals surface area contributed by atoms with Crippen LogP contribution in [0, 0.1) is 16.6 Å². The van der Waals surface area contributed by atoms with Crippen LogP contribution in [-0.4, -0.2) is 44.9 Å². The molecule has 0 fully saturated rings. The second-order valence-electron chi connectivity index (χ2n) is 9.00. The predicted molar refractivity (Wildman–Crippen MR) is 144 cm³/mol. The molecule has 4 rings (SSSR count). The van der Waals surface area contributed by atoms with Crippen molar-refractivity contribution in [2.45, 2.75) is 25.3 Å². The quantitative estimate of drug-likeness (QED) is 0.186. The van der Waals surface area contributed by atoms with Crippen LogP contribution >= 0.6 is 0 Å². The molecule has 2 heterocycles. The highest BCUT2D eigenvalue weighted by molar-refractivity contribution is 7.58. The Labute approximate surface area is 218 Å². The third kappa shape index (κ3) is 5.73. The number of halogens is 1. The molecule has 0 aliphatic rings. The number of carbonyl (C=O) groups excluding carboxylic acids is 1. The van der Waals surface area contributed by atoms with Crippen LogP contribution in [0.1, 0.15) is 19.4 Å². The first-order valence-electron chi connectivity index (χ1n) is 11.5. The zero-order valence-electron chi connectivity index (χ0n) is 20.4. The van der Waals surface area contributed by atoms with Crippen molar-refractivity contribution in [2.24, 2.45) is 5.41 Å². The summed E-state index contributed by atoms with van der Waals surface area (Å²) in [4.78, 5) is 21.5. The fourth-order valence-electron chi connectivity index (χ4n) is 3.61. The largest absolute Gasteiger partial charge is 0.453 e. The van der Waals surface area contributed by atoms with Gasteiger partial charge in [-0.25, -0.2) is 14.4 Å². The number of anilines is 2. The van der Waals surface area contributed by atoms with Gasteiger partial charge in [-0.05, 0) is 56.8 Å². The van der Waals surface area contributed by atoms with Gasteiger partial charge in [-0.2, -0.15) is 0 Å². The van der Waals surface area contributed by atoms with Gasteiger partial charge in [0.2, 0.25) is 5.91 Å². The summed E-state index contributed by atoms with van der Waals surface area (Å²) in [6.07, 6.45) is 4.39. The molecule has 0 unspecified atom stereocenters. The predicted octanol–water partition coefficient (Wildman–Crippen LogP) is 3.61. The van der Waals surface area contributed by atoms with Gasteiger partial charge >= 0.3 is 0 Å². The van der Waals surface area contributed by atoms with Crippen LogP contribution < -0.4 is 15.4 Å². The highest BCUT2D eigenvalue weighted by Gasteiger charge is 2.26. The molecule has 11 heteroatoms. The highest BCUT2D eigenvalue weighted by Crippen LogP contribution is 2.31. The number of nitrogens with one attached hydrogen (secondary N) is 3. The van der Waals surface area contributed by atoms with E-state index in [2.05, 4.69) is 33.2 Å². The van der Waals surface area contributed by atoms with Gasteiger partial charge in [0.15, 0.2) is 22.3 Å². The maximum Gasteiger partial charge on any atom is 0.228 e. The van der Waals surface area contributed by atoms with E-state index in [0.29, 0.717) is 51.8 Å². The molecule has 0 saturated heterocycles. The second-order valence-corrected chi connectivity index (χ2v) is 9.54. The van der Waals surface area contributed by atoms with E-state index >= 15 is 0 Å². The van der Waals surface area contributed by atoms with Gasteiger partial charge in [0, 0.05) is 37.3 Å². The Morgan fingerprint density at radius 2 is 2.05 bits per heavy atom. The van der Waals surface area contributed by atoms with Crippen molar-refractivity contribution in [3.05, 3.63) is 66.4 Å². The lowest BCUT2D eigenvalue weighted by Gasteiger charge is -2.20. The molecule has 0 saturated carbocycles. The van der Waals surface area contributed by atoms with Crippen LogP contribution in [0.25, 0.3) is 11.0 Å². The lowest BCUT2D eigenvalue weighted by Crippen LogP contribution is -2.40. The molecule has 0 radical (unpaired) electrons. The molecule has 0 atom stereocenters. The Bertz CT molecular complexity index is 1460. The van der Waals surface area contributed by atoms with E-state index in [-0.39, 0.29) is 18.3 Å². The fraction of sp³-hybridized carbons (Fsp3) is 0.231. The average molecular weight is 524 g/mol. The van der Waals surface area contributed by atoms with Crippen molar-refractivity contribution in [3.8, 4) is 11.5 Å². The standard InChI is InChI=1S/C26H27FN6O3S/c1-26(2,14-34)25(35)29-9-11-33-10-8-19-23(33)24(31-15-30-19)32-16-6-7-21(18(27)12-16)36-20-4-3-5-22(37)17(20)13-28/h3-8,10,12-13,15,28,34,37H,9,11,14H2,1-2H3,(H,29,35)(H,30,31,32)/p+1. The molecule has 0 bridgehead atoms. The molecular weight excluding hydrogens is 495 g/mol. The molecule has 192 valence electrons. The van der Waals surface area contributed by atoms with Crippen molar-refractivity contribution in [2.75, 3.05) is 18.5 Å². The van der Waals surface area contributed by atoms with Gasteiger partial charge < -0.3 is 30.5 Å². The topological polar surface area (TPSA) is 125 Å². The average Bonchev–Trinajstić information content (AvgIpc) is 3.30. The molecule has 4 N–H and O–H groups in total. The summed E-state index contributed by atoms with van der Waals surface area (Å²) >= 11 is 3.42. The van der Waals surface area contributed by atoms with E-state index in [1.54, 1.807) is 38.1 Å². The maximum atomic E-state index is 14.9. The summed E-state index contributed by atoms with van der Waals surface area (Å²) in [5, 5.41) is 22.9. The number of amides is 1. The lowest BCUT2D eigenvalue weighted by molar-refractivity contribution is -0.131. The normalized spacial score (nSPS) is 11.4. The lowest BCUT2D eigenvalue weighted by atomic mass is 9.94. The summed E-state index contributed by atoms with van der Waals surface area (Å²) in [5.41, 5.74) is 1.47. The third-order valence-electron chi connectivity index (χ3n) is 5.82. The first kappa shape index (κ1) is 26.1. The Kier molecular flexibility index (Phi) is 7.74. The van der Waals surface area contributed by atoms with E-state index in [9.17, 15) is 14.3 Å². The molecule has 2 aromatic heterocycles. The van der Waals surface area contributed by atoms with Gasteiger partial charge in [0.1, 0.15) is 17.6 Å². The second kappa shape index (κ2) is 11.0. The molecule has 4 aromatic rings. The minimum atomic E-state index is -0.869. The third-order valence-corrected chi connectivity index (χ3v) is 6.26. The van der Waals surface area contributed by atoms with Crippen molar-refractivity contribution >= 4 is 47.3 Å². The molecule has 2 aromatic carbocycles. The number of ether oxygens (including phenoxy) is 1. The van der Waals surface area contributed by atoms with Crippen LogP contribution in [0.15, 0.2) is 59.9 Å². The van der Waals surface area contributed by atoms with Crippen LogP contribution in [0.3, 0.4) is 0 Å². The Balaban J connectivity index is 1.52. The number of fused-ring (bicyclic) bond motifs is 1. The Morgan fingerprint density at radius 3 is 2.78 bits per heavy atom. The van der Waals surface area contributed by atoms with Gasteiger partial charge in [-0.15, -0.1) is 0 Å². The fourth-order valence-corrected chi connectivity index (χ4v) is 3.90. The number of rotatable bonds is 10. The van der Waals surface area contributed by atoms with Crippen molar-refractivity contribution in [1.29, 1.82) is 5.41 Å². The van der Waals surface area contributed by atoms with E-state index in [1.165, 1.54) is 18.5 Å². The SMILES string of the molecule is CC(C)(CO)C(=O)NCCn1ccc2ncnc(Nc3ccc(Oc4cccc([SH2+])c4C=N)c(F)c3)c21. The molecule has 1 amide bonds. The summed E-state index contributed by atoms with van der Waals surface area (Å²) in [6.45, 7) is 3.88. The number of carbonyl (C=O) groups is 1. The van der Waals surface area contributed by atoms with Crippen molar-refractivity contribution in [1.82, 2.24) is 19.9 Å². The van der Waals surface area contributed by atoms with Gasteiger partial charge in [0.25, 0.3) is 0 Å². The van der Waals surface area contributed by atoms with E-state index in [4.69, 9.17) is 10.1 Å². The van der Waals surface area contributed by atoms with Gasteiger partial charge in [-0.1, -0.05) is 6.07 Å². The van der Waals surface area contributed by atoms with Gasteiger partial charge in [-0.3, -0.25) is 4.79 Å². The summed E-state index contributed by atoms with van der Waals surface area (Å²) < 4.78 is 22.6.